The molecule has 0 radical (unpaired) electrons. The molecule has 7 nitrogen and oxygen atoms in total. The molecule has 0 aromatic heterocycles. The van der Waals surface area contributed by atoms with Crippen LogP contribution in [0.15, 0.2) is 0 Å². The maximum Gasteiger partial charge on any atom is 1.00 e. The maximum absolute atomic E-state index is 10.4. The molecule has 0 aromatic carbocycles. The minimum Gasteiger partial charge on any atom is -0.748 e. The average Bonchev–Trinajstić information content (AvgIpc) is 2.06. The summed E-state index contributed by atoms with van der Waals surface area (Å²) in [4.78, 5) is 0. The van der Waals surface area contributed by atoms with Gasteiger partial charge in [0.25, 0.3) is 0 Å². The standard InChI is InChI=1S/C6H14O6S4.2Na.H2O/c7-15(8,13)11-5-3-1-2-4-6-12-16(9,10)14;;;/h1-6H2,(H,7,8,13)(H,9,10,14);;;1H2/q;2*+1;/p-2. The van der Waals surface area contributed by atoms with Crippen molar-refractivity contribution in [2.24, 2.45) is 0 Å². The molecule has 0 aromatic rings. The van der Waals surface area contributed by atoms with Crippen LogP contribution in [0.25, 0.3) is 0 Å². The Kier molecular flexibility index (Phi) is 24.0. The Bertz CT molecular complexity index is 344. The molecule has 0 spiro atoms. The van der Waals surface area contributed by atoms with Crippen LogP contribution in [0.3, 0.4) is 0 Å². The molecule has 0 aliphatic carbocycles. The van der Waals surface area contributed by atoms with Crippen molar-refractivity contribution in [1.29, 1.82) is 0 Å². The summed E-state index contributed by atoms with van der Waals surface area (Å²) < 4.78 is 50.2. The minimum absolute atomic E-state index is 0. The van der Waals surface area contributed by atoms with E-state index in [4.69, 9.17) is 0 Å². The third kappa shape index (κ3) is 29.2. The summed E-state index contributed by atoms with van der Waals surface area (Å²) in [5.74, 6) is 0. The van der Waals surface area contributed by atoms with Crippen LogP contribution in [0.1, 0.15) is 25.7 Å². The van der Waals surface area contributed by atoms with Crippen LogP contribution in [-0.2, 0) is 48.8 Å². The first-order valence-electron chi connectivity index (χ1n) is 4.41. The number of hydrogen-bond donors (Lipinski definition) is 0. The van der Waals surface area contributed by atoms with E-state index in [1.165, 1.54) is 0 Å². The zero-order chi connectivity index (χ0) is 12.7. The van der Waals surface area contributed by atoms with E-state index < -0.39 is 18.1 Å². The molecular formula is C6H14Na2O7S4. The van der Waals surface area contributed by atoms with E-state index in [-0.39, 0.29) is 77.8 Å². The molecule has 2 N–H and O–H groups in total. The van der Waals surface area contributed by atoms with Gasteiger partial charge in [-0.25, -0.2) is 8.42 Å². The Morgan fingerprint density at radius 2 is 1.05 bits per heavy atom. The minimum atomic E-state index is -3.78. The van der Waals surface area contributed by atoms with Crippen molar-refractivity contribution in [3.05, 3.63) is 0 Å². The third-order valence-electron chi connectivity index (χ3n) is 1.49. The molecule has 2 unspecified atom stereocenters. The SMILES string of the molecule is O.O=S([O-])(=S)OCCCCCCOS(=O)([O-])=S.[Na+].[Na+]. The van der Waals surface area contributed by atoms with Gasteiger partial charge in [-0.2, -0.15) is 0 Å². The molecule has 0 rings (SSSR count). The second kappa shape index (κ2) is 15.4. The van der Waals surface area contributed by atoms with Crippen molar-refractivity contribution in [2.45, 2.75) is 25.7 Å². The Morgan fingerprint density at radius 1 is 0.789 bits per heavy atom. The van der Waals surface area contributed by atoms with Crippen LogP contribution in [0, 0.1) is 0 Å². The molecular weight excluding hydrogens is 358 g/mol. The normalized spacial score (nSPS) is 15.9. The summed E-state index contributed by atoms with van der Waals surface area (Å²) in [5.41, 5.74) is 0. The van der Waals surface area contributed by atoms with Crippen molar-refractivity contribution in [3.8, 4) is 0 Å². The first-order chi connectivity index (χ1) is 7.21. The van der Waals surface area contributed by atoms with Crippen molar-refractivity contribution in [3.63, 3.8) is 0 Å². The number of hydrogen-bond acceptors (Lipinski definition) is 8. The molecule has 106 valence electrons. The van der Waals surface area contributed by atoms with Crippen molar-refractivity contribution < 1.29 is 90.5 Å². The van der Waals surface area contributed by atoms with Crippen molar-refractivity contribution in [2.75, 3.05) is 13.2 Å². The van der Waals surface area contributed by atoms with E-state index in [2.05, 4.69) is 30.7 Å². The molecule has 0 heterocycles. The summed E-state index contributed by atoms with van der Waals surface area (Å²) >= 11 is 7.99. The Hall–Kier alpha value is 2.54. The van der Waals surface area contributed by atoms with Gasteiger partial charge in [-0.1, -0.05) is 12.8 Å². The Balaban J connectivity index is -0.000000375. The predicted octanol–water partition coefficient (Wildman–Crippen LogP) is -6.65. The van der Waals surface area contributed by atoms with Gasteiger partial charge in [0, 0.05) is 0 Å². The van der Waals surface area contributed by atoms with Crippen LogP contribution in [0.2, 0.25) is 0 Å². The first-order valence-corrected chi connectivity index (χ1v) is 9.08. The molecule has 0 fully saturated rings. The van der Waals surface area contributed by atoms with Crippen LogP contribution < -0.4 is 59.1 Å². The van der Waals surface area contributed by atoms with Gasteiger partial charge in [0.2, 0.25) is 0 Å². The van der Waals surface area contributed by atoms with Crippen LogP contribution >= 0.6 is 0 Å². The smallest absolute Gasteiger partial charge is 0.748 e. The number of unbranched alkanes of at least 4 members (excludes halogenated alkanes) is 3. The van der Waals surface area contributed by atoms with Gasteiger partial charge in [0.05, 0.1) is 31.3 Å². The summed E-state index contributed by atoms with van der Waals surface area (Å²) in [6.45, 7) is 0.0953. The summed E-state index contributed by atoms with van der Waals surface area (Å²) in [6, 6.07) is 0. The monoisotopic (exact) mass is 372 g/mol. The fourth-order valence-corrected chi connectivity index (χ4v) is 1.93. The fraction of sp³-hybridized carbons (Fsp3) is 1.00. The molecule has 0 aliphatic rings. The Labute approximate surface area is 167 Å². The van der Waals surface area contributed by atoms with Gasteiger partial charge >= 0.3 is 59.1 Å². The van der Waals surface area contributed by atoms with E-state index in [0.29, 0.717) is 25.7 Å². The molecule has 2 atom stereocenters. The van der Waals surface area contributed by atoms with E-state index >= 15 is 0 Å². The summed E-state index contributed by atoms with van der Waals surface area (Å²) in [7, 11) is -7.55. The molecule has 0 bridgehead atoms. The van der Waals surface area contributed by atoms with E-state index in [1.807, 2.05) is 0 Å². The van der Waals surface area contributed by atoms with Gasteiger partial charge in [-0.15, -0.1) is 0 Å². The van der Waals surface area contributed by atoms with E-state index in [1.54, 1.807) is 0 Å². The zero-order valence-corrected chi connectivity index (χ0v) is 18.1. The van der Waals surface area contributed by atoms with Crippen LogP contribution in [-0.4, -0.2) is 36.2 Å². The van der Waals surface area contributed by atoms with E-state index in [0.717, 1.165) is 0 Å². The summed E-state index contributed by atoms with van der Waals surface area (Å²) in [6.07, 6.45) is 2.48. The van der Waals surface area contributed by atoms with Crippen LogP contribution in [0.4, 0.5) is 0 Å². The average molecular weight is 372 g/mol. The summed E-state index contributed by atoms with van der Waals surface area (Å²) in [5, 5.41) is 0. The Morgan fingerprint density at radius 3 is 1.26 bits per heavy atom. The van der Waals surface area contributed by atoms with Crippen molar-refractivity contribution in [1.82, 2.24) is 0 Å². The molecule has 0 aliphatic heterocycles. The molecule has 0 saturated heterocycles. The zero-order valence-electron chi connectivity index (χ0n) is 10.8. The molecule has 0 saturated carbocycles. The largest absolute Gasteiger partial charge is 1.00 e. The first kappa shape index (κ1) is 29.5. The third-order valence-corrected chi connectivity index (χ3v) is 2.98. The van der Waals surface area contributed by atoms with Crippen molar-refractivity contribution >= 4 is 40.5 Å². The second-order valence-corrected chi connectivity index (χ2v) is 7.43. The number of rotatable bonds is 9. The second-order valence-electron chi connectivity index (χ2n) is 2.87. The predicted molar refractivity (Wildman–Crippen MR) is 66.6 cm³/mol. The van der Waals surface area contributed by atoms with Gasteiger partial charge in [-0.05, 0) is 35.2 Å². The van der Waals surface area contributed by atoms with E-state index in [9.17, 15) is 17.5 Å². The van der Waals surface area contributed by atoms with Gasteiger partial charge in [0.1, 0.15) is 0 Å². The molecule has 13 heteroatoms. The molecule has 0 amide bonds. The quantitative estimate of drug-likeness (QED) is 0.288. The maximum atomic E-state index is 10.4. The molecule has 19 heavy (non-hydrogen) atoms. The fourth-order valence-electron chi connectivity index (χ4n) is 0.880. The topological polar surface area (TPSA) is 130 Å². The van der Waals surface area contributed by atoms with Gasteiger partial charge < -0.3 is 14.6 Å². The van der Waals surface area contributed by atoms with Crippen LogP contribution in [0.5, 0.6) is 0 Å². The van der Waals surface area contributed by atoms with Gasteiger partial charge in [0.15, 0.2) is 0 Å². The van der Waals surface area contributed by atoms with Gasteiger partial charge in [-0.3, -0.25) is 8.37 Å².